The van der Waals surface area contributed by atoms with E-state index in [0.29, 0.717) is 0 Å². The summed E-state index contributed by atoms with van der Waals surface area (Å²) in [4.78, 5) is 0. The van der Waals surface area contributed by atoms with Gasteiger partial charge in [0, 0.05) is 6.20 Å². The molecule has 0 aliphatic carbocycles. The highest BCUT2D eigenvalue weighted by Gasteiger charge is 2.10. The molecule has 1 aromatic carbocycles. The summed E-state index contributed by atoms with van der Waals surface area (Å²) in [6, 6.07) is 12.4. The molecule has 2 aromatic rings. The minimum absolute atomic E-state index is 0.234. The summed E-state index contributed by atoms with van der Waals surface area (Å²) in [6.45, 7) is 3.76. The number of aromatic nitrogens is 2. The highest BCUT2D eigenvalue weighted by molar-refractivity contribution is 5.30. The van der Waals surface area contributed by atoms with Gasteiger partial charge in [0.15, 0.2) is 0 Å². The van der Waals surface area contributed by atoms with Gasteiger partial charge in [-0.15, -0.1) is 6.58 Å². The van der Waals surface area contributed by atoms with Crippen molar-refractivity contribution in [3.8, 4) is 5.69 Å². The van der Waals surface area contributed by atoms with E-state index in [9.17, 15) is 0 Å². The molecule has 0 amide bonds. The van der Waals surface area contributed by atoms with E-state index in [0.717, 1.165) is 17.8 Å². The SMILES string of the molecule is C=CCC(NC)c1ccn(-c2ccccc2)n1. The topological polar surface area (TPSA) is 29.9 Å². The number of hydrogen-bond donors (Lipinski definition) is 1. The molecular formula is C14H17N3. The van der Waals surface area contributed by atoms with E-state index in [4.69, 9.17) is 0 Å². The van der Waals surface area contributed by atoms with Crippen molar-refractivity contribution in [2.75, 3.05) is 7.05 Å². The fourth-order valence-electron chi connectivity index (χ4n) is 1.80. The molecule has 1 atom stereocenters. The molecule has 0 radical (unpaired) electrons. The number of rotatable bonds is 5. The van der Waals surface area contributed by atoms with E-state index in [-0.39, 0.29) is 6.04 Å². The molecule has 1 aromatic heterocycles. The lowest BCUT2D eigenvalue weighted by atomic mass is 10.1. The standard InChI is InChI=1S/C14H17N3/c1-3-7-13(15-2)14-10-11-17(16-14)12-8-5-4-6-9-12/h3-6,8-11,13,15H,1,7H2,2H3. The fourth-order valence-corrected chi connectivity index (χ4v) is 1.80. The predicted molar refractivity (Wildman–Crippen MR) is 70.2 cm³/mol. The van der Waals surface area contributed by atoms with Crippen LogP contribution in [0.25, 0.3) is 5.69 Å². The highest BCUT2D eigenvalue weighted by Crippen LogP contribution is 2.16. The van der Waals surface area contributed by atoms with Gasteiger partial charge in [0.2, 0.25) is 0 Å². The van der Waals surface area contributed by atoms with Crippen LogP contribution in [0.4, 0.5) is 0 Å². The van der Waals surface area contributed by atoms with Crippen molar-refractivity contribution >= 4 is 0 Å². The first-order chi connectivity index (χ1) is 8.35. The van der Waals surface area contributed by atoms with Crippen LogP contribution in [0, 0.1) is 0 Å². The summed E-state index contributed by atoms with van der Waals surface area (Å²) in [5.41, 5.74) is 2.11. The minimum atomic E-state index is 0.234. The number of nitrogens with one attached hydrogen (secondary N) is 1. The molecule has 0 aliphatic heterocycles. The molecule has 3 heteroatoms. The molecular weight excluding hydrogens is 210 g/mol. The molecule has 3 nitrogen and oxygen atoms in total. The van der Waals surface area contributed by atoms with Crippen molar-refractivity contribution in [3.05, 3.63) is 60.9 Å². The second-order valence-electron chi connectivity index (χ2n) is 3.89. The van der Waals surface area contributed by atoms with Gasteiger partial charge in [-0.25, -0.2) is 4.68 Å². The molecule has 17 heavy (non-hydrogen) atoms. The Kier molecular flexibility index (Phi) is 3.73. The van der Waals surface area contributed by atoms with Gasteiger partial charge < -0.3 is 5.32 Å². The molecule has 2 rings (SSSR count). The predicted octanol–water partition coefficient (Wildman–Crippen LogP) is 2.71. The molecule has 1 N–H and O–H groups in total. The van der Waals surface area contributed by atoms with Gasteiger partial charge in [0.1, 0.15) is 0 Å². The average Bonchev–Trinajstić information content (AvgIpc) is 2.86. The summed E-state index contributed by atoms with van der Waals surface area (Å²) in [7, 11) is 1.94. The molecule has 0 aliphatic rings. The van der Waals surface area contributed by atoms with Crippen molar-refractivity contribution in [1.29, 1.82) is 0 Å². The minimum Gasteiger partial charge on any atom is -0.311 e. The van der Waals surface area contributed by atoms with Gasteiger partial charge in [-0.05, 0) is 31.7 Å². The first-order valence-electron chi connectivity index (χ1n) is 5.74. The highest BCUT2D eigenvalue weighted by atomic mass is 15.3. The summed E-state index contributed by atoms with van der Waals surface area (Å²) < 4.78 is 1.89. The molecule has 0 saturated heterocycles. The largest absolute Gasteiger partial charge is 0.311 e. The lowest BCUT2D eigenvalue weighted by molar-refractivity contribution is 0.579. The van der Waals surface area contributed by atoms with Crippen molar-refractivity contribution in [2.45, 2.75) is 12.5 Å². The second kappa shape index (κ2) is 5.46. The molecule has 88 valence electrons. The Morgan fingerprint density at radius 3 is 2.76 bits per heavy atom. The number of hydrogen-bond acceptors (Lipinski definition) is 2. The maximum Gasteiger partial charge on any atom is 0.0801 e. The van der Waals surface area contributed by atoms with E-state index >= 15 is 0 Å². The molecule has 0 spiro atoms. The lowest BCUT2D eigenvalue weighted by Gasteiger charge is -2.10. The Morgan fingerprint density at radius 2 is 2.12 bits per heavy atom. The van der Waals surface area contributed by atoms with E-state index in [2.05, 4.69) is 17.0 Å². The van der Waals surface area contributed by atoms with Gasteiger partial charge in [-0.1, -0.05) is 24.3 Å². The van der Waals surface area contributed by atoms with Crippen LogP contribution in [0.3, 0.4) is 0 Å². The molecule has 0 bridgehead atoms. The smallest absolute Gasteiger partial charge is 0.0801 e. The number of para-hydroxylation sites is 1. The third kappa shape index (κ3) is 2.63. The van der Waals surface area contributed by atoms with Crippen molar-refractivity contribution in [2.24, 2.45) is 0 Å². The quantitative estimate of drug-likeness (QED) is 0.796. The molecule has 1 unspecified atom stereocenters. The third-order valence-electron chi connectivity index (χ3n) is 2.74. The maximum absolute atomic E-state index is 4.58. The zero-order valence-corrected chi connectivity index (χ0v) is 10.0. The summed E-state index contributed by atoms with van der Waals surface area (Å²) in [5.74, 6) is 0. The number of nitrogens with zero attached hydrogens (tertiary/aromatic N) is 2. The van der Waals surface area contributed by atoms with E-state index in [1.165, 1.54) is 0 Å². The monoisotopic (exact) mass is 227 g/mol. The van der Waals surface area contributed by atoms with Gasteiger partial charge in [0.25, 0.3) is 0 Å². The molecule has 1 heterocycles. The lowest BCUT2D eigenvalue weighted by Crippen LogP contribution is -2.16. The van der Waals surface area contributed by atoms with E-state index in [1.807, 2.05) is 60.4 Å². The van der Waals surface area contributed by atoms with Gasteiger partial charge in [-0.3, -0.25) is 0 Å². The zero-order chi connectivity index (χ0) is 12.1. The van der Waals surface area contributed by atoms with Gasteiger partial charge in [-0.2, -0.15) is 5.10 Å². The summed E-state index contributed by atoms with van der Waals surface area (Å²) >= 11 is 0. The Labute approximate surface area is 102 Å². The van der Waals surface area contributed by atoms with Crippen LogP contribution in [0.2, 0.25) is 0 Å². The van der Waals surface area contributed by atoms with Crippen molar-refractivity contribution in [3.63, 3.8) is 0 Å². The molecule has 0 saturated carbocycles. The first-order valence-corrected chi connectivity index (χ1v) is 5.74. The van der Waals surface area contributed by atoms with Crippen LogP contribution in [-0.2, 0) is 0 Å². The van der Waals surface area contributed by atoms with Gasteiger partial charge >= 0.3 is 0 Å². The first kappa shape index (κ1) is 11.6. The molecule has 0 fully saturated rings. The van der Waals surface area contributed by atoms with Crippen LogP contribution in [0.15, 0.2) is 55.3 Å². The van der Waals surface area contributed by atoms with Crippen LogP contribution in [0.1, 0.15) is 18.2 Å². The summed E-state index contributed by atoms with van der Waals surface area (Å²) in [5, 5.41) is 7.81. The Hall–Kier alpha value is -1.87. The van der Waals surface area contributed by atoms with Crippen LogP contribution in [0.5, 0.6) is 0 Å². The van der Waals surface area contributed by atoms with Gasteiger partial charge in [0.05, 0.1) is 17.4 Å². The van der Waals surface area contributed by atoms with Crippen molar-refractivity contribution in [1.82, 2.24) is 15.1 Å². The fraction of sp³-hybridized carbons (Fsp3) is 0.214. The van der Waals surface area contributed by atoms with Crippen LogP contribution in [-0.4, -0.2) is 16.8 Å². The second-order valence-corrected chi connectivity index (χ2v) is 3.89. The normalized spacial score (nSPS) is 12.3. The average molecular weight is 227 g/mol. The van der Waals surface area contributed by atoms with E-state index in [1.54, 1.807) is 0 Å². The van der Waals surface area contributed by atoms with Crippen LogP contribution < -0.4 is 5.32 Å². The van der Waals surface area contributed by atoms with Crippen molar-refractivity contribution < 1.29 is 0 Å². The number of benzene rings is 1. The third-order valence-corrected chi connectivity index (χ3v) is 2.74. The Bertz CT molecular complexity index is 473. The maximum atomic E-state index is 4.58. The zero-order valence-electron chi connectivity index (χ0n) is 10.0. The Morgan fingerprint density at radius 1 is 1.35 bits per heavy atom. The van der Waals surface area contributed by atoms with Crippen LogP contribution >= 0.6 is 0 Å². The van der Waals surface area contributed by atoms with E-state index < -0.39 is 0 Å². The Balaban J connectivity index is 2.23. The summed E-state index contributed by atoms with van der Waals surface area (Å²) in [6.07, 6.45) is 4.77.